The van der Waals surface area contributed by atoms with E-state index in [0.29, 0.717) is 28.6 Å². The number of Topliss-reactive ketones (excluding diaryl/α,β-unsaturated/α-hetero) is 1. The van der Waals surface area contributed by atoms with Crippen LogP contribution in [0.2, 0.25) is 0 Å². The van der Waals surface area contributed by atoms with Gasteiger partial charge in [-0.15, -0.1) is 10.2 Å². The van der Waals surface area contributed by atoms with Crippen LogP contribution in [-0.2, 0) is 6.42 Å². The Morgan fingerprint density at radius 1 is 0.903 bits per heavy atom. The standard InChI is InChI=1S/C24H19N3O3S/c28-20(18-11-12-21-22(14-18)30-16-29-21)15-31-24-26-25-23(13-17-7-3-1-4-8-17)27(24)19-9-5-2-6-10-19/h1-12,14H,13,15-16H2. The molecule has 0 unspecified atom stereocenters. The van der Waals surface area contributed by atoms with Crippen LogP contribution in [0.15, 0.2) is 84.0 Å². The van der Waals surface area contributed by atoms with Crippen LogP contribution in [0.5, 0.6) is 11.5 Å². The highest BCUT2D eigenvalue weighted by molar-refractivity contribution is 7.99. The van der Waals surface area contributed by atoms with Gasteiger partial charge in [0.05, 0.1) is 5.75 Å². The largest absolute Gasteiger partial charge is 0.454 e. The van der Waals surface area contributed by atoms with Crippen LogP contribution in [0.3, 0.4) is 0 Å². The second kappa shape index (κ2) is 8.65. The van der Waals surface area contributed by atoms with Gasteiger partial charge in [0, 0.05) is 17.7 Å². The molecule has 6 nitrogen and oxygen atoms in total. The number of hydrogen-bond acceptors (Lipinski definition) is 6. The number of aromatic nitrogens is 3. The van der Waals surface area contributed by atoms with E-state index in [1.165, 1.54) is 11.8 Å². The molecule has 154 valence electrons. The normalized spacial score (nSPS) is 12.1. The van der Waals surface area contributed by atoms with E-state index in [1.807, 2.05) is 53.1 Å². The molecule has 7 heteroatoms. The van der Waals surface area contributed by atoms with Gasteiger partial charge in [-0.3, -0.25) is 9.36 Å². The number of carbonyl (C=O) groups excluding carboxylic acids is 1. The summed E-state index contributed by atoms with van der Waals surface area (Å²) in [5.41, 5.74) is 2.71. The molecular formula is C24H19N3O3S. The summed E-state index contributed by atoms with van der Waals surface area (Å²) < 4.78 is 12.7. The number of para-hydroxylation sites is 1. The molecule has 0 spiro atoms. The third-order valence-electron chi connectivity index (χ3n) is 4.95. The minimum absolute atomic E-state index is 0.00415. The van der Waals surface area contributed by atoms with Crippen molar-refractivity contribution in [2.24, 2.45) is 0 Å². The van der Waals surface area contributed by atoms with Gasteiger partial charge in [-0.1, -0.05) is 60.3 Å². The Morgan fingerprint density at radius 3 is 2.45 bits per heavy atom. The van der Waals surface area contributed by atoms with Crippen molar-refractivity contribution in [3.63, 3.8) is 0 Å². The van der Waals surface area contributed by atoms with E-state index in [4.69, 9.17) is 9.47 Å². The Hall–Kier alpha value is -3.58. The minimum atomic E-state index is -0.00415. The molecule has 4 aromatic rings. The lowest BCUT2D eigenvalue weighted by molar-refractivity contribution is 0.102. The van der Waals surface area contributed by atoms with Crippen molar-refractivity contribution >= 4 is 17.5 Å². The lowest BCUT2D eigenvalue weighted by atomic mass is 10.1. The number of ketones is 1. The molecular weight excluding hydrogens is 410 g/mol. The Bertz CT molecular complexity index is 1210. The van der Waals surface area contributed by atoms with Gasteiger partial charge in [0.15, 0.2) is 22.4 Å². The van der Waals surface area contributed by atoms with E-state index in [1.54, 1.807) is 18.2 Å². The fourth-order valence-corrected chi connectivity index (χ4v) is 4.27. The second-order valence-electron chi connectivity index (χ2n) is 7.01. The number of fused-ring (bicyclic) bond motifs is 1. The highest BCUT2D eigenvalue weighted by Gasteiger charge is 2.19. The number of hydrogen-bond donors (Lipinski definition) is 0. The quantitative estimate of drug-likeness (QED) is 0.317. The van der Waals surface area contributed by atoms with Crippen LogP contribution >= 0.6 is 11.8 Å². The minimum Gasteiger partial charge on any atom is -0.454 e. The smallest absolute Gasteiger partial charge is 0.231 e. The average Bonchev–Trinajstić information content (AvgIpc) is 3.45. The van der Waals surface area contributed by atoms with Gasteiger partial charge in [0.25, 0.3) is 0 Å². The van der Waals surface area contributed by atoms with Crippen LogP contribution in [0, 0.1) is 0 Å². The number of carbonyl (C=O) groups is 1. The van der Waals surface area contributed by atoms with Crippen LogP contribution in [0.25, 0.3) is 5.69 Å². The van der Waals surface area contributed by atoms with E-state index < -0.39 is 0 Å². The summed E-state index contributed by atoms with van der Waals surface area (Å²) >= 11 is 1.38. The predicted molar refractivity (Wildman–Crippen MR) is 118 cm³/mol. The second-order valence-corrected chi connectivity index (χ2v) is 7.95. The van der Waals surface area contributed by atoms with Crippen molar-refractivity contribution in [1.29, 1.82) is 0 Å². The molecule has 1 aliphatic rings. The lowest BCUT2D eigenvalue weighted by Gasteiger charge is -2.10. The number of nitrogens with zero attached hydrogens (tertiary/aromatic N) is 3. The molecule has 0 bridgehead atoms. The van der Waals surface area contributed by atoms with Crippen LogP contribution in [0.1, 0.15) is 21.7 Å². The predicted octanol–water partition coefficient (Wildman–Crippen LogP) is 4.56. The monoisotopic (exact) mass is 429 g/mol. The fraction of sp³-hybridized carbons (Fsp3) is 0.125. The van der Waals surface area contributed by atoms with Crippen molar-refractivity contribution in [2.45, 2.75) is 11.6 Å². The first-order valence-corrected chi connectivity index (χ1v) is 10.9. The molecule has 0 radical (unpaired) electrons. The Labute approximate surface area is 183 Å². The fourth-order valence-electron chi connectivity index (χ4n) is 3.41. The van der Waals surface area contributed by atoms with Crippen LogP contribution in [-0.4, -0.2) is 33.1 Å². The van der Waals surface area contributed by atoms with E-state index in [2.05, 4.69) is 22.3 Å². The van der Waals surface area contributed by atoms with E-state index in [9.17, 15) is 4.79 Å². The SMILES string of the molecule is O=C(CSc1nnc(Cc2ccccc2)n1-c1ccccc1)c1ccc2c(c1)OCO2. The van der Waals surface area contributed by atoms with Gasteiger partial charge in [0.1, 0.15) is 5.82 Å². The van der Waals surface area contributed by atoms with Gasteiger partial charge in [-0.05, 0) is 35.9 Å². The first-order valence-electron chi connectivity index (χ1n) is 9.87. The summed E-state index contributed by atoms with van der Waals surface area (Å²) in [5, 5.41) is 9.51. The number of thioether (sulfide) groups is 1. The van der Waals surface area contributed by atoms with Gasteiger partial charge in [-0.2, -0.15) is 0 Å². The number of rotatable bonds is 7. The molecule has 0 amide bonds. The Balaban J connectivity index is 1.39. The molecule has 1 aliphatic heterocycles. The number of benzene rings is 3. The summed E-state index contributed by atoms with van der Waals surface area (Å²) in [6, 6.07) is 25.4. The zero-order valence-electron chi connectivity index (χ0n) is 16.6. The van der Waals surface area contributed by atoms with Crippen molar-refractivity contribution in [2.75, 3.05) is 12.5 Å². The first kappa shape index (κ1) is 19.4. The van der Waals surface area contributed by atoms with Gasteiger partial charge in [-0.25, -0.2) is 0 Å². The van der Waals surface area contributed by atoms with E-state index >= 15 is 0 Å². The molecule has 0 saturated heterocycles. The molecule has 31 heavy (non-hydrogen) atoms. The molecule has 0 saturated carbocycles. The molecule has 0 aliphatic carbocycles. The summed E-state index contributed by atoms with van der Waals surface area (Å²) in [6.07, 6.45) is 0.652. The Kier molecular flexibility index (Phi) is 5.41. The summed E-state index contributed by atoms with van der Waals surface area (Å²) in [6.45, 7) is 0.187. The van der Waals surface area contributed by atoms with Crippen molar-refractivity contribution in [1.82, 2.24) is 14.8 Å². The van der Waals surface area contributed by atoms with E-state index in [-0.39, 0.29) is 18.3 Å². The third kappa shape index (κ3) is 4.18. The van der Waals surface area contributed by atoms with E-state index in [0.717, 1.165) is 17.1 Å². The Morgan fingerprint density at radius 2 is 1.65 bits per heavy atom. The van der Waals surface area contributed by atoms with Crippen molar-refractivity contribution in [3.05, 3.63) is 95.8 Å². The highest BCUT2D eigenvalue weighted by Crippen LogP contribution is 2.33. The maximum atomic E-state index is 12.8. The molecule has 0 N–H and O–H groups in total. The number of ether oxygens (including phenoxy) is 2. The maximum absolute atomic E-state index is 12.8. The highest BCUT2D eigenvalue weighted by atomic mass is 32.2. The van der Waals surface area contributed by atoms with Crippen molar-refractivity contribution < 1.29 is 14.3 Å². The topological polar surface area (TPSA) is 66.2 Å². The van der Waals surface area contributed by atoms with Crippen LogP contribution in [0.4, 0.5) is 0 Å². The van der Waals surface area contributed by atoms with Gasteiger partial charge < -0.3 is 9.47 Å². The maximum Gasteiger partial charge on any atom is 0.231 e. The summed E-state index contributed by atoms with van der Waals surface area (Å²) in [4.78, 5) is 12.8. The average molecular weight is 430 g/mol. The first-order chi connectivity index (χ1) is 15.3. The summed E-state index contributed by atoms with van der Waals surface area (Å²) in [7, 11) is 0. The zero-order chi connectivity index (χ0) is 21.0. The molecule has 2 heterocycles. The van der Waals surface area contributed by atoms with Gasteiger partial charge in [0.2, 0.25) is 6.79 Å². The molecule has 0 atom stereocenters. The lowest BCUT2D eigenvalue weighted by Crippen LogP contribution is -2.06. The summed E-state index contributed by atoms with van der Waals surface area (Å²) in [5.74, 6) is 2.34. The molecule has 1 aromatic heterocycles. The van der Waals surface area contributed by atoms with Crippen LogP contribution < -0.4 is 9.47 Å². The van der Waals surface area contributed by atoms with Gasteiger partial charge >= 0.3 is 0 Å². The molecule has 3 aromatic carbocycles. The zero-order valence-corrected chi connectivity index (χ0v) is 17.4. The molecule has 0 fully saturated rings. The third-order valence-corrected chi connectivity index (χ3v) is 5.88. The molecule has 5 rings (SSSR count). The van der Waals surface area contributed by atoms with Crippen molar-refractivity contribution in [3.8, 4) is 17.2 Å².